The monoisotopic (exact) mass is 191 g/mol. The fourth-order valence-corrected chi connectivity index (χ4v) is 1.71. The van der Waals surface area contributed by atoms with Crippen molar-refractivity contribution in [3.63, 3.8) is 0 Å². The predicted octanol–water partition coefficient (Wildman–Crippen LogP) is -0.442. The van der Waals surface area contributed by atoms with Gasteiger partial charge in [-0.25, -0.2) is 8.42 Å². The van der Waals surface area contributed by atoms with E-state index in [0.29, 0.717) is 5.69 Å². The fraction of sp³-hybridized carbons (Fsp3) is 0.400. The van der Waals surface area contributed by atoms with Gasteiger partial charge in [0.1, 0.15) is 4.90 Å². The Morgan fingerprint density at radius 1 is 1.67 bits per heavy atom. The van der Waals surface area contributed by atoms with Crippen LogP contribution >= 0.6 is 0 Å². The van der Waals surface area contributed by atoms with Crippen molar-refractivity contribution in [2.24, 2.45) is 0 Å². The van der Waals surface area contributed by atoms with E-state index in [1.54, 1.807) is 6.92 Å². The molecule has 0 spiro atoms. The number of H-pyrrole nitrogens is 1. The van der Waals surface area contributed by atoms with Crippen LogP contribution in [-0.2, 0) is 14.9 Å². The van der Waals surface area contributed by atoms with Crippen molar-refractivity contribution >= 4 is 10.0 Å². The Labute approximate surface area is 69.9 Å². The van der Waals surface area contributed by atoms with Gasteiger partial charge in [0.15, 0.2) is 0 Å². The molecule has 7 heteroatoms. The lowest BCUT2D eigenvalue weighted by Gasteiger charge is -2.00. The molecule has 0 radical (unpaired) electrons. The summed E-state index contributed by atoms with van der Waals surface area (Å²) < 4.78 is 22.4. The first kappa shape index (κ1) is 9.17. The summed E-state index contributed by atoms with van der Waals surface area (Å²) in [7, 11) is -2.33. The molecule has 0 saturated heterocycles. The maximum absolute atomic E-state index is 11.2. The van der Waals surface area contributed by atoms with Crippen LogP contribution in [0, 0.1) is 6.92 Å². The summed E-state index contributed by atoms with van der Waals surface area (Å²) in [6.45, 7) is 1.61. The summed E-state index contributed by atoms with van der Waals surface area (Å²) >= 11 is 0. The zero-order chi connectivity index (χ0) is 9.19. The summed E-state index contributed by atoms with van der Waals surface area (Å²) in [6.07, 6.45) is 1.22. The highest BCUT2D eigenvalue weighted by molar-refractivity contribution is 7.89. The first-order valence-corrected chi connectivity index (χ1v) is 4.61. The van der Waals surface area contributed by atoms with Crippen LogP contribution in [0.2, 0.25) is 0 Å². The van der Waals surface area contributed by atoms with Crippen molar-refractivity contribution < 1.29 is 13.3 Å². The molecule has 0 unspecified atom stereocenters. The summed E-state index contributed by atoms with van der Waals surface area (Å²) in [6, 6.07) is 0. The standard InChI is InChI=1S/C5H9N3O3S/c1-4-5(3-6-7-4)12(9,10)8-11-2/h3,8H,1-2H3,(H,6,7). The van der Waals surface area contributed by atoms with Crippen molar-refractivity contribution in [3.8, 4) is 0 Å². The molecule has 1 aromatic heterocycles. The number of hydrogen-bond acceptors (Lipinski definition) is 4. The third-order valence-electron chi connectivity index (χ3n) is 1.27. The molecule has 1 heterocycles. The highest BCUT2D eigenvalue weighted by Gasteiger charge is 2.17. The molecule has 68 valence electrons. The van der Waals surface area contributed by atoms with Gasteiger partial charge < -0.3 is 0 Å². The van der Waals surface area contributed by atoms with E-state index in [-0.39, 0.29) is 4.90 Å². The highest BCUT2D eigenvalue weighted by Crippen LogP contribution is 2.09. The van der Waals surface area contributed by atoms with Gasteiger partial charge >= 0.3 is 0 Å². The van der Waals surface area contributed by atoms with Gasteiger partial charge in [-0.15, -0.1) is 0 Å². The molecule has 0 saturated carbocycles. The maximum Gasteiger partial charge on any atom is 0.265 e. The van der Waals surface area contributed by atoms with Gasteiger partial charge in [0.05, 0.1) is 19.0 Å². The molecule has 2 N–H and O–H groups in total. The van der Waals surface area contributed by atoms with Crippen molar-refractivity contribution in [1.29, 1.82) is 0 Å². The molecule has 1 aromatic rings. The minimum absolute atomic E-state index is 0.0874. The van der Waals surface area contributed by atoms with Gasteiger partial charge in [-0.05, 0) is 6.92 Å². The van der Waals surface area contributed by atoms with Gasteiger partial charge in [-0.1, -0.05) is 4.89 Å². The Bertz CT molecular complexity index is 356. The van der Waals surface area contributed by atoms with Gasteiger partial charge in [0.2, 0.25) is 0 Å². The van der Waals surface area contributed by atoms with Crippen molar-refractivity contribution in [2.75, 3.05) is 7.11 Å². The number of rotatable bonds is 3. The quantitative estimate of drug-likeness (QED) is 0.634. The molecule has 0 aliphatic rings. The van der Waals surface area contributed by atoms with Crippen LogP contribution in [0.4, 0.5) is 0 Å². The van der Waals surface area contributed by atoms with E-state index in [9.17, 15) is 8.42 Å². The summed E-state index contributed by atoms with van der Waals surface area (Å²) in [4.78, 5) is 6.27. The molecule has 0 fully saturated rings. The molecule has 0 aliphatic carbocycles. The normalized spacial score (nSPS) is 11.8. The summed E-state index contributed by atoms with van der Waals surface area (Å²) in [5.74, 6) is 0. The van der Waals surface area contributed by atoms with Crippen LogP contribution in [0.3, 0.4) is 0 Å². The first-order chi connectivity index (χ1) is 5.58. The topological polar surface area (TPSA) is 84.1 Å². The number of aromatic amines is 1. The minimum Gasteiger partial charge on any atom is -0.290 e. The lowest BCUT2D eigenvalue weighted by Crippen LogP contribution is -2.22. The van der Waals surface area contributed by atoms with Crippen LogP contribution in [0.15, 0.2) is 11.1 Å². The third kappa shape index (κ3) is 1.63. The predicted molar refractivity (Wildman–Crippen MR) is 40.7 cm³/mol. The molecule has 0 bridgehead atoms. The lowest BCUT2D eigenvalue weighted by atomic mass is 10.5. The molecule has 0 aromatic carbocycles. The summed E-state index contributed by atoms with van der Waals surface area (Å²) in [5.41, 5.74) is 0.472. The number of aryl methyl sites for hydroxylation is 1. The molecular weight excluding hydrogens is 182 g/mol. The van der Waals surface area contributed by atoms with Gasteiger partial charge in [0, 0.05) is 0 Å². The average Bonchev–Trinajstić information content (AvgIpc) is 2.35. The van der Waals surface area contributed by atoms with E-state index in [1.165, 1.54) is 13.3 Å². The second-order valence-corrected chi connectivity index (χ2v) is 3.76. The Kier molecular flexibility index (Phi) is 2.46. The van der Waals surface area contributed by atoms with E-state index >= 15 is 0 Å². The smallest absolute Gasteiger partial charge is 0.265 e. The largest absolute Gasteiger partial charge is 0.290 e. The number of hydrogen-bond donors (Lipinski definition) is 2. The van der Waals surface area contributed by atoms with Crippen LogP contribution < -0.4 is 4.89 Å². The van der Waals surface area contributed by atoms with Crippen LogP contribution in [0.1, 0.15) is 5.69 Å². The first-order valence-electron chi connectivity index (χ1n) is 3.12. The molecular formula is C5H9N3O3S. The fourth-order valence-electron chi connectivity index (χ4n) is 0.765. The molecule has 0 atom stereocenters. The molecule has 0 aliphatic heterocycles. The van der Waals surface area contributed by atoms with E-state index < -0.39 is 10.0 Å². The Balaban J connectivity index is 3.06. The zero-order valence-electron chi connectivity index (χ0n) is 6.66. The number of nitrogens with one attached hydrogen (secondary N) is 2. The van der Waals surface area contributed by atoms with Crippen LogP contribution in [0.25, 0.3) is 0 Å². The van der Waals surface area contributed by atoms with E-state index in [0.717, 1.165) is 0 Å². The van der Waals surface area contributed by atoms with Crippen LogP contribution in [0.5, 0.6) is 0 Å². The Hall–Kier alpha value is -0.920. The van der Waals surface area contributed by atoms with E-state index in [1.807, 2.05) is 4.89 Å². The van der Waals surface area contributed by atoms with Crippen molar-refractivity contribution in [1.82, 2.24) is 15.1 Å². The molecule has 12 heavy (non-hydrogen) atoms. The lowest BCUT2D eigenvalue weighted by molar-refractivity contribution is 0.153. The van der Waals surface area contributed by atoms with Gasteiger partial charge in [-0.3, -0.25) is 9.94 Å². The van der Waals surface area contributed by atoms with Gasteiger partial charge in [0.25, 0.3) is 10.0 Å². The second kappa shape index (κ2) is 3.21. The number of aromatic nitrogens is 2. The second-order valence-electron chi connectivity index (χ2n) is 2.15. The Morgan fingerprint density at radius 2 is 2.33 bits per heavy atom. The van der Waals surface area contributed by atoms with Crippen molar-refractivity contribution in [3.05, 3.63) is 11.9 Å². The van der Waals surface area contributed by atoms with Gasteiger partial charge in [-0.2, -0.15) is 5.10 Å². The Morgan fingerprint density at radius 3 is 2.75 bits per heavy atom. The third-order valence-corrected chi connectivity index (χ3v) is 2.64. The summed E-state index contributed by atoms with van der Waals surface area (Å²) in [5, 5.41) is 6.08. The molecule has 6 nitrogen and oxygen atoms in total. The molecule has 1 rings (SSSR count). The van der Waals surface area contributed by atoms with E-state index in [4.69, 9.17) is 0 Å². The molecule has 0 amide bonds. The SMILES string of the molecule is CONS(=O)(=O)c1cn[nH]c1C. The highest BCUT2D eigenvalue weighted by atomic mass is 32.2. The van der Waals surface area contributed by atoms with Crippen LogP contribution in [-0.4, -0.2) is 25.7 Å². The average molecular weight is 191 g/mol. The zero-order valence-corrected chi connectivity index (χ0v) is 7.47. The van der Waals surface area contributed by atoms with Crippen molar-refractivity contribution in [2.45, 2.75) is 11.8 Å². The minimum atomic E-state index is -3.56. The number of sulfonamides is 1. The van der Waals surface area contributed by atoms with E-state index in [2.05, 4.69) is 15.0 Å². The number of nitrogens with zero attached hydrogens (tertiary/aromatic N) is 1. The maximum atomic E-state index is 11.2.